The van der Waals surface area contributed by atoms with Crippen LogP contribution in [0.3, 0.4) is 0 Å². The molecule has 4 rings (SSSR count). The first-order chi connectivity index (χ1) is 11.8. The smallest absolute Gasteiger partial charge is 0.228 e. The molecule has 1 N–H and O–H groups in total. The predicted octanol–water partition coefficient (Wildman–Crippen LogP) is 4.02. The lowest BCUT2D eigenvalue weighted by Gasteiger charge is -2.15. The Morgan fingerprint density at radius 1 is 1.04 bits per heavy atom. The first-order valence-electron chi connectivity index (χ1n) is 8.97. The first kappa shape index (κ1) is 15.4. The third-order valence-corrected chi connectivity index (χ3v) is 5.15. The van der Waals surface area contributed by atoms with Gasteiger partial charge >= 0.3 is 0 Å². The van der Waals surface area contributed by atoms with Crippen LogP contribution in [0.2, 0.25) is 0 Å². The molecule has 1 saturated carbocycles. The fourth-order valence-corrected chi connectivity index (χ4v) is 3.73. The Balaban J connectivity index is 1.36. The van der Waals surface area contributed by atoms with Crippen LogP contribution in [0.15, 0.2) is 54.6 Å². The SMILES string of the molecule is O=C(Nc1cccc(CN2CCCC2)c1)[C@@H]1C[C@H]1c1ccccc1. The molecule has 124 valence electrons. The maximum Gasteiger partial charge on any atom is 0.228 e. The minimum atomic E-state index is 0.120. The van der Waals surface area contributed by atoms with Gasteiger partial charge in [0.05, 0.1) is 0 Å². The zero-order valence-electron chi connectivity index (χ0n) is 13.9. The summed E-state index contributed by atoms with van der Waals surface area (Å²) >= 11 is 0. The summed E-state index contributed by atoms with van der Waals surface area (Å²) in [6.07, 6.45) is 3.57. The quantitative estimate of drug-likeness (QED) is 0.902. The van der Waals surface area contributed by atoms with Gasteiger partial charge in [-0.3, -0.25) is 9.69 Å². The second-order valence-electron chi connectivity index (χ2n) is 7.03. The van der Waals surface area contributed by atoms with E-state index in [0.29, 0.717) is 5.92 Å². The summed E-state index contributed by atoms with van der Waals surface area (Å²) in [7, 11) is 0. The van der Waals surface area contributed by atoms with Crippen molar-refractivity contribution in [2.24, 2.45) is 5.92 Å². The Morgan fingerprint density at radius 3 is 2.62 bits per heavy atom. The van der Waals surface area contributed by atoms with Gasteiger partial charge < -0.3 is 5.32 Å². The summed E-state index contributed by atoms with van der Waals surface area (Å²) in [5.41, 5.74) is 3.49. The van der Waals surface area contributed by atoms with Crippen molar-refractivity contribution < 1.29 is 4.79 Å². The molecule has 0 radical (unpaired) electrons. The second kappa shape index (κ2) is 6.78. The molecule has 1 saturated heterocycles. The molecule has 3 heteroatoms. The molecule has 0 aromatic heterocycles. The summed E-state index contributed by atoms with van der Waals surface area (Å²) in [6, 6.07) is 18.7. The van der Waals surface area contributed by atoms with Gasteiger partial charge in [0.2, 0.25) is 5.91 Å². The number of benzene rings is 2. The monoisotopic (exact) mass is 320 g/mol. The summed E-state index contributed by atoms with van der Waals surface area (Å²) < 4.78 is 0. The van der Waals surface area contributed by atoms with Crippen LogP contribution in [0.5, 0.6) is 0 Å². The van der Waals surface area contributed by atoms with Crippen molar-refractivity contribution in [3.05, 3.63) is 65.7 Å². The second-order valence-corrected chi connectivity index (χ2v) is 7.03. The minimum Gasteiger partial charge on any atom is -0.326 e. The molecule has 2 fully saturated rings. The zero-order valence-corrected chi connectivity index (χ0v) is 13.9. The number of hydrogen-bond acceptors (Lipinski definition) is 2. The van der Waals surface area contributed by atoms with Gasteiger partial charge in [0.1, 0.15) is 0 Å². The lowest BCUT2D eigenvalue weighted by atomic mass is 10.1. The molecule has 0 spiro atoms. The van der Waals surface area contributed by atoms with E-state index in [0.717, 1.165) is 18.7 Å². The molecule has 24 heavy (non-hydrogen) atoms. The number of nitrogens with zero attached hydrogens (tertiary/aromatic N) is 1. The molecule has 2 aliphatic rings. The third kappa shape index (κ3) is 3.51. The van der Waals surface area contributed by atoms with Gasteiger partial charge in [0.25, 0.3) is 0 Å². The molecular formula is C21H24N2O. The maximum atomic E-state index is 12.5. The largest absolute Gasteiger partial charge is 0.326 e. The van der Waals surface area contributed by atoms with Gasteiger partial charge in [-0.2, -0.15) is 0 Å². The van der Waals surface area contributed by atoms with Gasteiger partial charge in [-0.05, 0) is 61.5 Å². The van der Waals surface area contributed by atoms with Crippen molar-refractivity contribution in [2.75, 3.05) is 18.4 Å². The molecule has 1 amide bonds. The Kier molecular flexibility index (Phi) is 4.35. The number of rotatable bonds is 5. The summed E-state index contributed by atoms with van der Waals surface area (Å²) in [4.78, 5) is 15.0. The van der Waals surface area contributed by atoms with E-state index in [1.165, 1.54) is 37.1 Å². The van der Waals surface area contributed by atoms with Gasteiger partial charge in [0.15, 0.2) is 0 Å². The van der Waals surface area contributed by atoms with Crippen LogP contribution in [-0.4, -0.2) is 23.9 Å². The van der Waals surface area contributed by atoms with E-state index in [2.05, 4.69) is 34.5 Å². The Morgan fingerprint density at radius 2 is 1.83 bits per heavy atom. The number of carbonyl (C=O) groups excluding carboxylic acids is 1. The number of hydrogen-bond donors (Lipinski definition) is 1. The average Bonchev–Trinajstić information content (AvgIpc) is 3.26. The van der Waals surface area contributed by atoms with Crippen molar-refractivity contribution in [1.29, 1.82) is 0 Å². The van der Waals surface area contributed by atoms with Gasteiger partial charge in [0, 0.05) is 18.2 Å². The Hall–Kier alpha value is -2.13. The van der Waals surface area contributed by atoms with Crippen LogP contribution in [0, 0.1) is 5.92 Å². The van der Waals surface area contributed by atoms with Crippen molar-refractivity contribution in [2.45, 2.75) is 31.7 Å². The number of likely N-dealkylation sites (tertiary alicyclic amines) is 1. The fraction of sp³-hybridized carbons (Fsp3) is 0.381. The predicted molar refractivity (Wildman–Crippen MR) is 96.9 cm³/mol. The highest BCUT2D eigenvalue weighted by Gasteiger charge is 2.43. The number of amides is 1. The number of carbonyl (C=O) groups is 1. The summed E-state index contributed by atoms with van der Waals surface area (Å²) in [6.45, 7) is 3.37. The Bertz CT molecular complexity index is 707. The first-order valence-corrected chi connectivity index (χ1v) is 8.97. The van der Waals surface area contributed by atoms with Crippen LogP contribution < -0.4 is 5.32 Å². The van der Waals surface area contributed by atoms with Crippen molar-refractivity contribution in [1.82, 2.24) is 4.90 Å². The molecule has 1 heterocycles. The van der Waals surface area contributed by atoms with Crippen molar-refractivity contribution >= 4 is 11.6 Å². The normalized spacial score (nSPS) is 23.2. The molecule has 1 aliphatic carbocycles. The average molecular weight is 320 g/mol. The zero-order chi connectivity index (χ0) is 16.4. The van der Waals surface area contributed by atoms with E-state index in [9.17, 15) is 4.79 Å². The molecule has 2 atom stereocenters. The van der Waals surface area contributed by atoms with Gasteiger partial charge in [-0.15, -0.1) is 0 Å². The van der Waals surface area contributed by atoms with Crippen LogP contribution >= 0.6 is 0 Å². The van der Waals surface area contributed by atoms with Crippen molar-refractivity contribution in [3.63, 3.8) is 0 Å². The van der Waals surface area contributed by atoms with E-state index in [4.69, 9.17) is 0 Å². The molecular weight excluding hydrogens is 296 g/mol. The Labute approximate surface area is 143 Å². The standard InChI is InChI=1S/C21H24N2O/c24-21(20-14-19(20)17-8-2-1-3-9-17)22-18-10-6-7-16(13-18)15-23-11-4-5-12-23/h1-3,6-10,13,19-20H,4-5,11-12,14-15H2,(H,22,24)/t19-,20+/m0/s1. The van der Waals surface area contributed by atoms with Gasteiger partial charge in [-0.25, -0.2) is 0 Å². The van der Waals surface area contributed by atoms with Crippen LogP contribution in [0.1, 0.15) is 36.3 Å². The molecule has 2 aromatic rings. The lowest BCUT2D eigenvalue weighted by molar-refractivity contribution is -0.117. The van der Waals surface area contributed by atoms with Gasteiger partial charge in [-0.1, -0.05) is 42.5 Å². The number of anilines is 1. The lowest BCUT2D eigenvalue weighted by Crippen LogP contribution is -2.19. The van der Waals surface area contributed by atoms with E-state index in [1.54, 1.807) is 0 Å². The van der Waals surface area contributed by atoms with E-state index in [1.807, 2.05) is 30.3 Å². The third-order valence-electron chi connectivity index (χ3n) is 5.15. The topological polar surface area (TPSA) is 32.3 Å². The van der Waals surface area contributed by atoms with Crippen molar-refractivity contribution in [3.8, 4) is 0 Å². The minimum absolute atomic E-state index is 0.120. The molecule has 0 unspecified atom stereocenters. The van der Waals surface area contributed by atoms with Crippen LogP contribution in [-0.2, 0) is 11.3 Å². The van der Waals surface area contributed by atoms with E-state index >= 15 is 0 Å². The highest BCUT2D eigenvalue weighted by atomic mass is 16.2. The summed E-state index contributed by atoms with van der Waals surface area (Å²) in [5, 5.41) is 3.11. The molecule has 1 aliphatic heterocycles. The van der Waals surface area contributed by atoms with E-state index in [-0.39, 0.29) is 11.8 Å². The highest BCUT2D eigenvalue weighted by molar-refractivity contribution is 5.95. The molecule has 3 nitrogen and oxygen atoms in total. The molecule has 2 aromatic carbocycles. The number of nitrogens with one attached hydrogen (secondary N) is 1. The van der Waals surface area contributed by atoms with E-state index < -0.39 is 0 Å². The van der Waals surface area contributed by atoms with Crippen LogP contribution in [0.4, 0.5) is 5.69 Å². The fourth-order valence-electron chi connectivity index (χ4n) is 3.73. The maximum absolute atomic E-state index is 12.5. The van der Waals surface area contributed by atoms with Crippen LogP contribution in [0.25, 0.3) is 0 Å². The highest BCUT2D eigenvalue weighted by Crippen LogP contribution is 2.47. The molecule has 0 bridgehead atoms. The summed E-state index contributed by atoms with van der Waals surface area (Å²) in [5.74, 6) is 0.663.